The Morgan fingerprint density at radius 2 is 1.83 bits per heavy atom. The summed E-state index contributed by atoms with van der Waals surface area (Å²) in [5, 5.41) is 3.87. The first-order valence-corrected chi connectivity index (χ1v) is 10.5. The molecule has 7 nitrogen and oxygen atoms in total. The molecule has 0 saturated heterocycles. The Hall–Kier alpha value is -3.13. The number of amides is 1. The lowest BCUT2D eigenvalue weighted by molar-refractivity contribution is -0.113. The lowest BCUT2D eigenvalue weighted by Gasteiger charge is -2.15. The summed E-state index contributed by atoms with van der Waals surface area (Å²) in [6.45, 7) is 4.58. The number of nitrogens with zero attached hydrogens (tertiary/aromatic N) is 2. The van der Waals surface area contributed by atoms with E-state index in [1.807, 2.05) is 26.0 Å². The van der Waals surface area contributed by atoms with E-state index in [9.17, 15) is 14.4 Å². The van der Waals surface area contributed by atoms with E-state index in [0.717, 1.165) is 0 Å². The quantitative estimate of drug-likeness (QED) is 0.354. The topological polar surface area (TPSA) is 90.3 Å². The van der Waals surface area contributed by atoms with Crippen molar-refractivity contribution in [2.45, 2.75) is 25.5 Å². The van der Waals surface area contributed by atoms with Gasteiger partial charge in [-0.1, -0.05) is 37.7 Å². The number of nitrogens with one attached hydrogen (secondary N) is 1. The summed E-state index contributed by atoms with van der Waals surface area (Å²) >= 11 is 1.22. The van der Waals surface area contributed by atoms with Gasteiger partial charge in [0.05, 0.1) is 29.3 Å². The van der Waals surface area contributed by atoms with Crippen LogP contribution in [0.5, 0.6) is 0 Å². The number of rotatable bonds is 7. The van der Waals surface area contributed by atoms with Gasteiger partial charge in [0.25, 0.3) is 5.56 Å². The van der Waals surface area contributed by atoms with Crippen LogP contribution in [0.2, 0.25) is 0 Å². The van der Waals surface area contributed by atoms with Crippen LogP contribution in [-0.4, -0.2) is 34.3 Å². The van der Waals surface area contributed by atoms with Crippen LogP contribution >= 0.6 is 11.8 Å². The van der Waals surface area contributed by atoms with Crippen molar-refractivity contribution < 1.29 is 14.3 Å². The molecule has 0 bridgehead atoms. The zero-order valence-corrected chi connectivity index (χ0v) is 17.9. The average molecular weight is 426 g/mol. The van der Waals surface area contributed by atoms with E-state index in [2.05, 4.69) is 15.0 Å². The zero-order chi connectivity index (χ0) is 21.7. The van der Waals surface area contributed by atoms with E-state index in [0.29, 0.717) is 33.9 Å². The highest BCUT2D eigenvalue weighted by molar-refractivity contribution is 7.99. The number of anilines is 1. The van der Waals surface area contributed by atoms with Crippen molar-refractivity contribution in [3.05, 3.63) is 64.4 Å². The van der Waals surface area contributed by atoms with Crippen LogP contribution in [0.4, 0.5) is 5.69 Å². The molecule has 1 N–H and O–H groups in total. The van der Waals surface area contributed by atoms with Gasteiger partial charge in [-0.05, 0) is 42.3 Å². The molecule has 2 aromatic carbocycles. The maximum absolute atomic E-state index is 12.9. The van der Waals surface area contributed by atoms with Crippen molar-refractivity contribution in [2.75, 3.05) is 18.2 Å². The zero-order valence-electron chi connectivity index (χ0n) is 17.0. The SMILES string of the molecule is COC(=O)c1ccc(NC(=O)CSc2nc3ccccc3c(=O)n2CC(C)C)cc1. The Labute approximate surface area is 178 Å². The van der Waals surface area contributed by atoms with Crippen molar-refractivity contribution in [1.82, 2.24) is 9.55 Å². The van der Waals surface area contributed by atoms with Crippen LogP contribution < -0.4 is 10.9 Å². The first-order valence-electron chi connectivity index (χ1n) is 9.49. The van der Waals surface area contributed by atoms with Crippen LogP contribution in [0.3, 0.4) is 0 Å². The second kappa shape index (κ2) is 9.58. The number of esters is 1. The summed E-state index contributed by atoms with van der Waals surface area (Å²) in [5.41, 5.74) is 1.49. The fourth-order valence-electron chi connectivity index (χ4n) is 2.92. The molecule has 156 valence electrons. The molecule has 0 unspecified atom stereocenters. The molecule has 1 aromatic heterocycles. The minimum atomic E-state index is -0.436. The molecule has 30 heavy (non-hydrogen) atoms. The van der Waals surface area contributed by atoms with E-state index >= 15 is 0 Å². The molecule has 0 aliphatic carbocycles. The lowest BCUT2D eigenvalue weighted by atomic mass is 10.2. The van der Waals surface area contributed by atoms with Crippen LogP contribution in [-0.2, 0) is 16.1 Å². The second-order valence-corrected chi connectivity index (χ2v) is 8.07. The van der Waals surface area contributed by atoms with Gasteiger partial charge in [0.15, 0.2) is 5.16 Å². The molecule has 8 heteroatoms. The lowest BCUT2D eigenvalue weighted by Crippen LogP contribution is -2.26. The van der Waals surface area contributed by atoms with Crippen LogP contribution in [0.25, 0.3) is 10.9 Å². The first-order chi connectivity index (χ1) is 14.4. The summed E-state index contributed by atoms with van der Waals surface area (Å²) in [4.78, 5) is 41.4. The number of thioether (sulfide) groups is 1. The number of carbonyl (C=O) groups excluding carboxylic acids is 2. The smallest absolute Gasteiger partial charge is 0.337 e. The number of aromatic nitrogens is 2. The summed E-state index contributed by atoms with van der Waals surface area (Å²) < 4.78 is 6.29. The minimum absolute atomic E-state index is 0.0988. The Kier molecular flexibility index (Phi) is 6.89. The Balaban J connectivity index is 1.75. The van der Waals surface area contributed by atoms with Gasteiger partial charge in [0, 0.05) is 12.2 Å². The molecular weight excluding hydrogens is 402 g/mol. The van der Waals surface area contributed by atoms with Gasteiger partial charge in [-0.25, -0.2) is 9.78 Å². The number of benzene rings is 2. The molecule has 0 fully saturated rings. The number of fused-ring (bicyclic) bond motifs is 1. The summed E-state index contributed by atoms with van der Waals surface area (Å²) in [5.74, 6) is -0.313. The molecule has 1 amide bonds. The number of ether oxygens (including phenoxy) is 1. The Morgan fingerprint density at radius 1 is 1.13 bits per heavy atom. The molecular formula is C22H23N3O4S. The highest BCUT2D eigenvalue weighted by atomic mass is 32.2. The van der Waals surface area contributed by atoms with Crippen LogP contribution in [0.15, 0.2) is 58.5 Å². The van der Waals surface area contributed by atoms with Gasteiger partial charge in [0.1, 0.15) is 0 Å². The van der Waals surface area contributed by atoms with Crippen molar-refractivity contribution >= 4 is 40.2 Å². The largest absolute Gasteiger partial charge is 0.465 e. The van der Waals surface area contributed by atoms with Crippen LogP contribution in [0.1, 0.15) is 24.2 Å². The molecule has 1 heterocycles. The maximum atomic E-state index is 12.9. The first kappa shape index (κ1) is 21.6. The third-order valence-electron chi connectivity index (χ3n) is 4.30. The third kappa shape index (κ3) is 5.07. The van der Waals surface area contributed by atoms with Gasteiger partial charge in [0.2, 0.25) is 5.91 Å². The molecule has 0 radical (unpaired) electrons. The average Bonchev–Trinajstić information content (AvgIpc) is 2.74. The Bertz CT molecular complexity index is 1120. The molecule has 3 aromatic rings. The van der Waals surface area contributed by atoms with E-state index in [-0.39, 0.29) is 23.1 Å². The fourth-order valence-corrected chi connectivity index (χ4v) is 3.73. The molecule has 0 aliphatic heterocycles. The second-order valence-electron chi connectivity index (χ2n) is 7.13. The van der Waals surface area contributed by atoms with E-state index < -0.39 is 5.97 Å². The minimum Gasteiger partial charge on any atom is -0.465 e. The van der Waals surface area contributed by atoms with Gasteiger partial charge in [-0.3, -0.25) is 14.2 Å². The standard InChI is InChI=1S/C22H23N3O4S/c1-14(2)12-25-20(27)17-6-4-5-7-18(17)24-22(25)30-13-19(26)23-16-10-8-15(9-11-16)21(28)29-3/h4-11,14H,12-13H2,1-3H3,(H,23,26). The monoisotopic (exact) mass is 425 g/mol. The molecule has 3 rings (SSSR count). The van der Waals surface area contributed by atoms with E-state index in [1.165, 1.54) is 18.9 Å². The normalized spacial score (nSPS) is 10.9. The van der Waals surface area contributed by atoms with E-state index in [4.69, 9.17) is 0 Å². The van der Waals surface area contributed by atoms with Crippen molar-refractivity contribution in [3.63, 3.8) is 0 Å². The van der Waals surface area contributed by atoms with E-state index in [1.54, 1.807) is 41.0 Å². The molecule has 0 saturated carbocycles. The molecule has 0 atom stereocenters. The van der Waals surface area contributed by atoms with Gasteiger partial charge in [-0.15, -0.1) is 0 Å². The highest BCUT2D eigenvalue weighted by Crippen LogP contribution is 2.19. The summed E-state index contributed by atoms with van der Waals surface area (Å²) in [6, 6.07) is 13.6. The van der Waals surface area contributed by atoms with Crippen molar-refractivity contribution in [1.29, 1.82) is 0 Å². The number of methoxy groups -OCH3 is 1. The predicted molar refractivity (Wildman–Crippen MR) is 118 cm³/mol. The van der Waals surface area contributed by atoms with Crippen molar-refractivity contribution in [2.24, 2.45) is 5.92 Å². The number of para-hydroxylation sites is 1. The highest BCUT2D eigenvalue weighted by Gasteiger charge is 2.14. The maximum Gasteiger partial charge on any atom is 0.337 e. The molecule has 0 spiro atoms. The van der Waals surface area contributed by atoms with Gasteiger partial charge >= 0.3 is 5.97 Å². The number of hydrogen-bond acceptors (Lipinski definition) is 6. The predicted octanol–water partition coefficient (Wildman–Crippen LogP) is 3.57. The van der Waals surface area contributed by atoms with Crippen LogP contribution in [0, 0.1) is 5.92 Å². The number of hydrogen-bond donors (Lipinski definition) is 1. The fraction of sp³-hybridized carbons (Fsp3) is 0.273. The molecule has 0 aliphatic rings. The van der Waals surface area contributed by atoms with Gasteiger partial charge in [-0.2, -0.15) is 0 Å². The summed E-state index contributed by atoms with van der Waals surface area (Å²) in [6.07, 6.45) is 0. The Morgan fingerprint density at radius 3 is 2.50 bits per heavy atom. The third-order valence-corrected chi connectivity index (χ3v) is 5.27. The van der Waals surface area contributed by atoms with Crippen molar-refractivity contribution in [3.8, 4) is 0 Å². The summed E-state index contributed by atoms with van der Waals surface area (Å²) in [7, 11) is 1.31. The number of carbonyl (C=O) groups is 2. The van der Waals surface area contributed by atoms with Gasteiger partial charge < -0.3 is 10.1 Å².